The van der Waals surface area contributed by atoms with E-state index < -0.39 is 10.0 Å². The minimum Gasteiger partial charge on any atom is -0.471 e. The molecular formula is C28H32N6O3S. The number of hydrogen-bond acceptors (Lipinski definition) is 7. The van der Waals surface area contributed by atoms with Gasteiger partial charge in [-0.05, 0) is 43.9 Å². The molecule has 2 aromatic heterocycles. The number of aromatic nitrogens is 4. The molecule has 198 valence electrons. The van der Waals surface area contributed by atoms with Crippen LogP contribution in [0, 0.1) is 20.8 Å². The Bertz CT molecular complexity index is 1540. The number of sulfonamides is 1. The lowest BCUT2D eigenvalue weighted by Crippen LogP contribution is -2.54. The maximum atomic E-state index is 13.0. The SMILES string of the molecule is Cc1cccc(CCN2CC(Oc3cc(-c4c(C)cccc4C)nc(NS(=O)(=O)c4cnn(C)c4)n3)C2)c1. The molecule has 1 N–H and O–H groups in total. The van der Waals surface area contributed by atoms with E-state index in [9.17, 15) is 8.42 Å². The second kappa shape index (κ2) is 10.5. The van der Waals surface area contributed by atoms with Crippen molar-refractivity contribution in [3.8, 4) is 17.1 Å². The number of benzene rings is 2. The molecule has 1 saturated heterocycles. The summed E-state index contributed by atoms with van der Waals surface area (Å²) in [5, 5.41) is 3.96. The second-order valence-electron chi connectivity index (χ2n) is 9.88. The zero-order valence-electron chi connectivity index (χ0n) is 22.0. The minimum atomic E-state index is -3.92. The first-order chi connectivity index (χ1) is 18.2. The van der Waals surface area contributed by atoms with Crippen molar-refractivity contribution in [1.82, 2.24) is 24.6 Å². The highest BCUT2D eigenvalue weighted by atomic mass is 32.2. The van der Waals surface area contributed by atoms with E-state index in [2.05, 4.69) is 55.9 Å². The molecule has 2 aromatic carbocycles. The van der Waals surface area contributed by atoms with Crippen molar-refractivity contribution in [2.24, 2.45) is 7.05 Å². The summed E-state index contributed by atoms with van der Waals surface area (Å²) in [5.41, 5.74) is 6.18. The Morgan fingerprint density at radius 1 is 1.03 bits per heavy atom. The second-order valence-corrected chi connectivity index (χ2v) is 11.6. The summed E-state index contributed by atoms with van der Waals surface area (Å²) in [5.74, 6) is 0.296. The topological polar surface area (TPSA) is 102 Å². The Morgan fingerprint density at radius 2 is 1.76 bits per heavy atom. The molecule has 38 heavy (non-hydrogen) atoms. The monoisotopic (exact) mass is 532 g/mol. The molecule has 4 aromatic rings. The average Bonchev–Trinajstić information content (AvgIpc) is 3.27. The van der Waals surface area contributed by atoms with Crippen molar-refractivity contribution < 1.29 is 13.2 Å². The molecule has 1 aliphatic rings. The quantitative estimate of drug-likeness (QED) is 0.349. The van der Waals surface area contributed by atoms with Crippen LogP contribution in [0.5, 0.6) is 5.88 Å². The molecular weight excluding hydrogens is 500 g/mol. The fourth-order valence-electron chi connectivity index (χ4n) is 4.70. The number of likely N-dealkylation sites (tertiary alicyclic amines) is 1. The van der Waals surface area contributed by atoms with Crippen LogP contribution in [0.4, 0.5) is 5.95 Å². The molecule has 0 aliphatic carbocycles. The Labute approximate surface area is 223 Å². The Hall–Kier alpha value is -3.76. The van der Waals surface area contributed by atoms with Crippen molar-refractivity contribution in [2.75, 3.05) is 24.4 Å². The number of hydrogen-bond donors (Lipinski definition) is 1. The third-order valence-corrected chi connectivity index (χ3v) is 7.95. The van der Waals surface area contributed by atoms with Gasteiger partial charge >= 0.3 is 0 Å². The highest BCUT2D eigenvalue weighted by Gasteiger charge is 2.29. The average molecular weight is 533 g/mol. The lowest BCUT2D eigenvalue weighted by Gasteiger charge is -2.38. The summed E-state index contributed by atoms with van der Waals surface area (Å²) < 4.78 is 36.1. The number of rotatable bonds is 9. The van der Waals surface area contributed by atoms with Gasteiger partial charge in [-0.25, -0.2) is 18.1 Å². The first-order valence-corrected chi connectivity index (χ1v) is 14.1. The van der Waals surface area contributed by atoms with Crippen LogP contribution < -0.4 is 9.46 Å². The Morgan fingerprint density at radius 3 is 2.45 bits per heavy atom. The van der Waals surface area contributed by atoms with Gasteiger partial charge in [0.05, 0.1) is 11.9 Å². The van der Waals surface area contributed by atoms with Gasteiger partial charge in [0.2, 0.25) is 11.8 Å². The fourth-order valence-corrected chi connectivity index (χ4v) is 5.63. The molecule has 0 spiro atoms. The molecule has 0 radical (unpaired) electrons. The summed E-state index contributed by atoms with van der Waals surface area (Å²) in [4.78, 5) is 11.4. The molecule has 5 rings (SSSR count). The van der Waals surface area contributed by atoms with Crippen LogP contribution >= 0.6 is 0 Å². The zero-order valence-corrected chi connectivity index (χ0v) is 22.9. The van der Waals surface area contributed by atoms with Crippen LogP contribution in [0.2, 0.25) is 0 Å². The summed E-state index contributed by atoms with van der Waals surface area (Å²) >= 11 is 0. The smallest absolute Gasteiger partial charge is 0.267 e. The molecule has 10 heteroatoms. The predicted octanol–water partition coefficient (Wildman–Crippen LogP) is 3.91. The Kier molecular flexibility index (Phi) is 7.18. The first kappa shape index (κ1) is 25.9. The maximum Gasteiger partial charge on any atom is 0.267 e. The van der Waals surface area contributed by atoms with Crippen molar-refractivity contribution in [1.29, 1.82) is 0 Å². The highest BCUT2D eigenvalue weighted by Crippen LogP contribution is 2.30. The van der Waals surface area contributed by atoms with E-state index in [1.54, 1.807) is 13.1 Å². The summed E-state index contributed by atoms with van der Waals surface area (Å²) in [6.45, 7) is 8.63. The van der Waals surface area contributed by atoms with Crippen LogP contribution in [0.3, 0.4) is 0 Å². The van der Waals surface area contributed by atoms with Gasteiger partial charge < -0.3 is 4.74 Å². The van der Waals surface area contributed by atoms with Crippen LogP contribution in [-0.4, -0.2) is 58.8 Å². The molecule has 9 nitrogen and oxygen atoms in total. The first-order valence-electron chi connectivity index (χ1n) is 12.6. The van der Waals surface area contributed by atoms with Gasteiger partial charge in [-0.1, -0.05) is 48.0 Å². The van der Waals surface area contributed by atoms with Crippen molar-refractivity contribution in [3.05, 3.63) is 83.2 Å². The maximum absolute atomic E-state index is 13.0. The van der Waals surface area contributed by atoms with Crippen LogP contribution in [0.25, 0.3) is 11.3 Å². The summed E-state index contributed by atoms with van der Waals surface area (Å²) in [6, 6.07) is 16.4. The van der Waals surface area contributed by atoms with Crippen molar-refractivity contribution >= 4 is 16.0 Å². The van der Waals surface area contributed by atoms with E-state index in [-0.39, 0.29) is 16.9 Å². The highest BCUT2D eigenvalue weighted by molar-refractivity contribution is 7.92. The van der Waals surface area contributed by atoms with Crippen molar-refractivity contribution in [2.45, 2.75) is 38.2 Å². The van der Waals surface area contributed by atoms with Gasteiger partial charge in [0, 0.05) is 44.5 Å². The van der Waals surface area contributed by atoms with E-state index >= 15 is 0 Å². The molecule has 3 heterocycles. The fraction of sp³-hybridized carbons (Fsp3) is 0.321. The van der Waals surface area contributed by atoms with E-state index in [4.69, 9.17) is 4.74 Å². The molecule has 1 aliphatic heterocycles. The largest absolute Gasteiger partial charge is 0.471 e. The normalized spacial score (nSPS) is 14.3. The molecule has 0 amide bonds. The van der Waals surface area contributed by atoms with Crippen LogP contribution in [0.15, 0.2) is 65.8 Å². The minimum absolute atomic E-state index is 0.0315. The lowest BCUT2D eigenvalue weighted by atomic mass is 10.00. The number of aryl methyl sites for hydroxylation is 4. The van der Waals surface area contributed by atoms with E-state index in [1.807, 2.05) is 32.0 Å². The zero-order chi connectivity index (χ0) is 26.9. The molecule has 0 saturated carbocycles. The predicted molar refractivity (Wildman–Crippen MR) is 147 cm³/mol. The lowest BCUT2D eigenvalue weighted by molar-refractivity contribution is 0.0181. The third kappa shape index (κ3) is 5.87. The van der Waals surface area contributed by atoms with Gasteiger partial charge in [-0.15, -0.1) is 0 Å². The number of nitrogens with one attached hydrogen (secondary N) is 1. The van der Waals surface area contributed by atoms with Gasteiger partial charge in [0.25, 0.3) is 10.0 Å². The number of ether oxygens (including phenoxy) is 1. The van der Waals surface area contributed by atoms with Gasteiger partial charge in [0.1, 0.15) is 11.0 Å². The van der Waals surface area contributed by atoms with E-state index in [0.717, 1.165) is 42.7 Å². The third-order valence-electron chi connectivity index (χ3n) is 6.67. The van der Waals surface area contributed by atoms with Crippen molar-refractivity contribution in [3.63, 3.8) is 0 Å². The number of anilines is 1. The standard InChI is InChI=1S/C28H32N6O3S/c1-19-7-5-10-22(13-19)11-12-34-16-23(17-34)37-26-14-25(27-20(2)8-6-9-21(27)3)30-28(31-26)32-38(35,36)24-15-29-33(4)18-24/h5-10,13-15,18,23H,11-12,16-17H2,1-4H3,(H,30,31,32). The molecule has 0 bridgehead atoms. The van der Waals surface area contributed by atoms with E-state index in [1.165, 1.54) is 28.2 Å². The molecule has 1 fully saturated rings. The summed E-state index contributed by atoms with van der Waals surface area (Å²) in [7, 11) is -2.26. The van der Waals surface area contributed by atoms with E-state index in [0.29, 0.717) is 11.6 Å². The van der Waals surface area contributed by atoms with Crippen LogP contribution in [-0.2, 0) is 23.5 Å². The molecule has 0 unspecified atom stereocenters. The summed E-state index contributed by atoms with van der Waals surface area (Å²) in [6.07, 6.45) is 3.67. The van der Waals surface area contributed by atoms with Gasteiger partial charge in [-0.3, -0.25) is 9.58 Å². The Balaban J connectivity index is 1.34. The van der Waals surface area contributed by atoms with Gasteiger partial charge in [-0.2, -0.15) is 10.1 Å². The molecule has 0 atom stereocenters. The number of nitrogens with zero attached hydrogens (tertiary/aromatic N) is 5. The van der Waals surface area contributed by atoms with Gasteiger partial charge in [0.15, 0.2) is 0 Å². The van der Waals surface area contributed by atoms with Crippen LogP contribution in [0.1, 0.15) is 22.3 Å².